The number of pyridine rings is 1. The Bertz CT molecular complexity index is 409. The second-order valence-electron chi connectivity index (χ2n) is 5.07. The van der Waals surface area contributed by atoms with Crippen molar-refractivity contribution in [3.05, 3.63) is 29.6 Å². The lowest BCUT2D eigenvalue weighted by molar-refractivity contribution is 0.0334. The van der Waals surface area contributed by atoms with Crippen LogP contribution >= 0.6 is 11.8 Å². The third kappa shape index (κ3) is 1.57. The van der Waals surface area contributed by atoms with E-state index < -0.39 is 5.60 Å². The molecule has 3 rings (SSSR count). The normalized spacial score (nSPS) is 37.6. The predicted octanol–water partition coefficient (Wildman–Crippen LogP) is 2.37. The molecule has 0 spiro atoms. The molecule has 3 heteroatoms. The Hall–Kier alpha value is -0.540. The fourth-order valence-corrected chi connectivity index (χ4v) is 4.38. The number of aromatic nitrogens is 1. The van der Waals surface area contributed by atoms with Crippen LogP contribution in [0.5, 0.6) is 0 Å². The molecule has 0 saturated carbocycles. The van der Waals surface area contributed by atoms with Gasteiger partial charge in [-0.1, -0.05) is 13.0 Å². The third-order valence-corrected chi connectivity index (χ3v) is 5.27. The number of thioether (sulfide) groups is 1. The van der Waals surface area contributed by atoms with Crippen molar-refractivity contribution in [3.8, 4) is 0 Å². The number of rotatable bonds is 1. The fourth-order valence-electron chi connectivity index (χ4n) is 3.08. The first-order chi connectivity index (χ1) is 7.69. The number of hydrogen-bond acceptors (Lipinski definition) is 3. The lowest BCUT2D eigenvalue weighted by atomic mass is 9.83. The maximum atomic E-state index is 10.7. The SMILES string of the molecule is CC1CC(O)(C2CCc3cccnc32)CS1. The van der Waals surface area contributed by atoms with E-state index in [-0.39, 0.29) is 5.92 Å². The van der Waals surface area contributed by atoms with E-state index in [0.29, 0.717) is 5.25 Å². The summed E-state index contributed by atoms with van der Waals surface area (Å²) in [6.07, 6.45) is 4.91. The quantitative estimate of drug-likeness (QED) is 0.811. The summed E-state index contributed by atoms with van der Waals surface area (Å²) in [6, 6.07) is 4.15. The van der Waals surface area contributed by atoms with Crippen molar-refractivity contribution in [2.45, 2.75) is 43.0 Å². The smallest absolute Gasteiger partial charge is 0.0831 e. The summed E-state index contributed by atoms with van der Waals surface area (Å²) >= 11 is 1.89. The topological polar surface area (TPSA) is 33.1 Å². The van der Waals surface area contributed by atoms with Crippen LogP contribution < -0.4 is 0 Å². The van der Waals surface area contributed by atoms with E-state index in [2.05, 4.69) is 18.0 Å². The molecule has 3 atom stereocenters. The molecular weight excluding hydrogens is 218 g/mol. The molecule has 1 aliphatic carbocycles. The second-order valence-corrected chi connectivity index (χ2v) is 6.50. The van der Waals surface area contributed by atoms with Crippen LogP contribution in [0.25, 0.3) is 0 Å². The summed E-state index contributed by atoms with van der Waals surface area (Å²) in [4.78, 5) is 4.49. The van der Waals surface area contributed by atoms with Gasteiger partial charge < -0.3 is 5.11 Å². The lowest BCUT2D eigenvalue weighted by Crippen LogP contribution is -2.36. The first-order valence-corrected chi connectivity index (χ1v) is 7.02. The van der Waals surface area contributed by atoms with Gasteiger partial charge in [-0.2, -0.15) is 11.8 Å². The fraction of sp³-hybridized carbons (Fsp3) is 0.615. The van der Waals surface area contributed by atoms with Crippen LogP contribution in [0.3, 0.4) is 0 Å². The molecule has 0 radical (unpaired) electrons. The van der Waals surface area contributed by atoms with E-state index in [1.807, 2.05) is 24.0 Å². The van der Waals surface area contributed by atoms with Gasteiger partial charge in [0.1, 0.15) is 0 Å². The molecule has 1 aromatic heterocycles. The van der Waals surface area contributed by atoms with Crippen LogP contribution in [0.15, 0.2) is 18.3 Å². The number of fused-ring (bicyclic) bond motifs is 1. The summed E-state index contributed by atoms with van der Waals surface area (Å²) < 4.78 is 0. The molecule has 2 aliphatic rings. The van der Waals surface area contributed by atoms with Crippen LogP contribution in [0.4, 0.5) is 0 Å². The minimum Gasteiger partial charge on any atom is -0.388 e. The Labute approximate surface area is 100 Å². The van der Waals surface area contributed by atoms with Crippen molar-refractivity contribution in [2.75, 3.05) is 5.75 Å². The van der Waals surface area contributed by atoms with E-state index in [9.17, 15) is 5.11 Å². The Morgan fingerprint density at radius 2 is 2.44 bits per heavy atom. The molecule has 1 aliphatic heterocycles. The largest absolute Gasteiger partial charge is 0.388 e. The van der Waals surface area contributed by atoms with E-state index >= 15 is 0 Å². The maximum Gasteiger partial charge on any atom is 0.0831 e. The van der Waals surface area contributed by atoms with Crippen molar-refractivity contribution in [1.82, 2.24) is 4.98 Å². The van der Waals surface area contributed by atoms with Crippen molar-refractivity contribution in [1.29, 1.82) is 0 Å². The van der Waals surface area contributed by atoms with Gasteiger partial charge in [-0.3, -0.25) is 4.98 Å². The molecule has 0 amide bonds. The molecule has 86 valence electrons. The zero-order valence-electron chi connectivity index (χ0n) is 9.52. The number of aliphatic hydroxyl groups is 1. The third-order valence-electron chi connectivity index (χ3n) is 3.87. The maximum absolute atomic E-state index is 10.7. The van der Waals surface area contributed by atoms with Crippen molar-refractivity contribution in [2.24, 2.45) is 0 Å². The molecular formula is C13H17NOS. The summed E-state index contributed by atoms with van der Waals surface area (Å²) in [6.45, 7) is 2.21. The van der Waals surface area contributed by atoms with Crippen molar-refractivity contribution >= 4 is 11.8 Å². The Kier molecular flexibility index (Phi) is 2.48. The van der Waals surface area contributed by atoms with Crippen molar-refractivity contribution in [3.63, 3.8) is 0 Å². The van der Waals surface area contributed by atoms with Crippen LogP contribution in [0.2, 0.25) is 0 Å². The summed E-state index contributed by atoms with van der Waals surface area (Å²) in [5.41, 5.74) is 1.98. The minimum atomic E-state index is -0.510. The molecule has 1 fully saturated rings. The van der Waals surface area contributed by atoms with Gasteiger partial charge in [-0.05, 0) is 30.9 Å². The van der Waals surface area contributed by atoms with E-state index in [1.165, 1.54) is 5.56 Å². The standard InChI is InChI=1S/C13H17NOS/c1-9-7-13(15,8-16-9)11-5-4-10-3-2-6-14-12(10)11/h2-3,6,9,11,15H,4-5,7-8H2,1H3. The van der Waals surface area contributed by atoms with Crippen LogP contribution in [-0.2, 0) is 6.42 Å². The molecule has 2 heterocycles. The lowest BCUT2D eigenvalue weighted by Gasteiger charge is -2.29. The Morgan fingerprint density at radius 3 is 3.19 bits per heavy atom. The molecule has 2 nitrogen and oxygen atoms in total. The highest BCUT2D eigenvalue weighted by Gasteiger charge is 2.46. The van der Waals surface area contributed by atoms with Gasteiger partial charge in [0.25, 0.3) is 0 Å². The highest BCUT2D eigenvalue weighted by atomic mass is 32.2. The predicted molar refractivity (Wildman–Crippen MR) is 66.8 cm³/mol. The van der Waals surface area contributed by atoms with Crippen molar-refractivity contribution < 1.29 is 5.11 Å². The highest BCUT2D eigenvalue weighted by Crippen LogP contribution is 2.47. The zero-order valence-corrected chi connectivity index (χ0v) is 10.3. The molecule has 0 aromatic carbocycles. The molecule has 1 aromatic rings. The Balaban J connectivity index is 1.93. The molecule has 16 heavy (non-hydrogen) atoms. The molecule has 1 N–H and O–H groups in total. The van der Waals surface area contributed by atoms with Gasteiger partial charge in [0.05, 0.1) is 5.60 Å². The first kappa shape index (κ1) is 10.6. The number of hydrogen-bond donors (Lipinski definition) is 1. The average molecular weight is 235 g/mol. The second kappa shape index (κ2) is 3.74. The van der Waals surface area contributed by atoms with Gasteiger partial charge in [0, 0.05) is 28.8 Å². The molecule has 1 saturated heterocycles. The van der Waals surface area contributed by atoms with E-state index in [1.54, 1.807) is 0 Å². The van der Waals surface area contributed by atoms with E-state index in [4.69, 9.17) is 0 Å². The van der Waals surface area contributed by atoms with Crippen LogP contribution in [-0.4, -0.2) is 26.7 Å². The highest BCUT2D eigenvalue weighted by molar-refractivity contribution is 8.00. The molecule has 3 unspecified atom stereocenters. The number of aryl methyl sites for hydroxylation is 1. The molecule has 0 bridgehead atoms. The minimum absolute atomic E-state index is 0.265. The first-order valence-electron chi connectivity index (χ1n) is 5.97. The Morgan fingerprint density at radius 1 is 1.56 bits per heavy atom. The summed E-state index contributed by atoms with van der Waals surface area (Å²) in [5.74, 6) is 1.13. The summed E-state index contributed by atoms with van der Waals surface area (Å²) in [5, 5.41) is 11.3. The van der Waals surface area contributed by atoms with Crippen LogP contribution in [0.1, 0.15) is 36.9 Å². The monoisotopic (exact) mass is 235 g/mol. The van der Waals surface area contributed by atoms with Crippen LogP contribution in [0, 0.1) is 0 Å². The van der Waals surface area contributed by atoms with Gasteiger partial charge >= 0.3 is 0 Å². The average Bonchev–Trinajstić information content (AvgIpc) is 2.83. The van der Waals surface area contributed by atoms with Gasteiger partial charge in [-0.15, -0.1) is 0 Å². The van der Waals surface area contributed by atoms with E-state index in [0.717, 1.165) is 30.7 Å². The van der Waals surface area contributed by atoms with Gasteiger partial charge in [0.15, 0.2) is 0 Å². The van der Waals surface area contributed by atoms with Gasteiger partial charge in [-0.25, -0.2) is 0 Å². The zero-order chi connectivity index (χ0) is 11.2. The van der Waals surface area contributed by atoms with Gasteiger partial charge in [0.2, 0.25) is 0 Å². The number of nitrogens with zero attached hydrogens (tertiary/aromatic N) is 1. The summed E-state index contributed by atoms with van der Waals surface area (Å²) in [7, 11) is 0.